The van der Waals surface area contributed by atoms with Crippen molar-refractivity contribution in [1.29, 1.82) is 0 Å². The van der Waals surface area contributed by atoms with Gasteiger partial charge in [-0.25, -0.2) is 0 Å². The second-order valence-electron chi connectivity index (χ2n) is 3.58. The van der Waals surface area contributed by atoms with E-state index in [1.54, 1.807) is 0 Å². The van der Waals surface area contributed by atoms with Crippen molar-refractivity contribution in [1.82, 2.24) is 0 Å². The molecule has 2 aliphatic heterocycles. The maximum absolute atomic E-state index is 9.58. The van der Waals surface area contributed by atoms with E-state index in [0.29, 0.717) is 0 Å². The highest BCUT2D eigenvalue weighted by molar-refractivity contribution is 6.51. The van der Waals surface area contributed by atoms with Crippen molar-refractivity contribution in [3.8, 4) is 0 Å². The van der Waals surface area contributed by atoms with Crippen molar-refractivity contribution >= 4 is 6.96 Å². The van der Waals surface area contributed by atoms with Crippen LogP contribution in [0.2, 0.25) is 0 Å². The smallest absolute Gasteiger partial charge is 0.528 e. The third kappa shape index (κ3) is 1.88. The molecule has 0 aliphatic carbocycles. The Morgan fingerprint density at radius 2 is 1.93 bits per heavy atom. The first kappa shape index (κ1) is 11.2. The summed E-state index contributed by atoms with van der Waals surface area (Å²) in [6.07, 6.45) is -5.87. The molecule has 0 aromatic heterocycles. The molecule has 0 unspecified atom stereocenters. The summed E-state index contributed by atoms with van der Waals surface area (Å²) in [6, 6.07) is 0. The lowest BCUT2D eigenvalue weighted by Gasteiger charge is -2.27. The zero-order valence-corrected chi connectivity index (χ0v) is 7.63. The predicted octanol–water partition coefficient (Wildman–Crippen LogP) is -3.74. The van der Waals surface area contributed by atoms with Gasteiger partial charge >= 0.3 is 6.96 Å². The van der Waals surface area contributed by atoms with Crippen LogP contribution in [0.15, 0.2) is 0 Å². The summed E-state index contributed by atoms with van der Waals surface area (Å²) in [6.45, 7) is -4.00. The molecular formula is C6H12BO8-. The molecule has 0 bridgehead atoms. The van der Waals surface area contributed by atoms with E-state index in [2.05, 4.69) is 9.31 Å². The monoisotopic (exact) mass is 223 g/mol. The Balaban J connectivity index is 2.05. The summed E-state index contributed by atoms with van der Waals surface area (Å²) in [7, 11) is 0. The van der Waals surface area contributed by atoms with Crippen LogP contribution in [0.5, 0.6) is 0 Å². The SMILES string of the molecule is OC[C@@H](O)[C@@H]1O[C@@H]2O[B-](O)(O)O[C@@H]2[C@H]1O. The first-order chi connectivity index (χ1) is 6.94. The molecule has 2 heterocycles. The minimum Gasteiger partial charge on any atom is -0.533 e. The van der Waals surface area contributed by atoms with Crippen molar-refractivity contribution in [2.24, 2.45) is 0 Å². The minimum absolute atomic E-state index is 0.588. The molecule has 2 rings (SSSR count). The van der Waals surface area contributed by atoms with E-state index in [0.717, 1.165) is 0 Å². The zero-order chi connectivity index (χ0) is 11.2. The molecule has 8 nitrogen and oxygen atoms in total. The van der Waals surface area contributed by atoms with Crippen LogP contribution < -0.4 is 0 Å². The average molecular weight is 223 g/mol. The van der Waals surface area contributed by atoms with Crippen LogP contribution >= 0.6 is 0 Å². The molecule has 9 heteroatoms. The van der Waals surface area contributed by atoms with E-state index in [4.69, 9.17) is 19.9 Å². The highest BCUT2D eigenvalue weighted by Crippen LogP contribution is 2.34. The average Bonchev–Trinajstić information content (AvgIpc) is 2.60. The fourth-order valence-corrected chi connectivity index (χ4v) is 1.75. The molecule has 88 valence electrons. The Morgan fingerprint density at radius 3 is 2.47 bits per heavy atom. The van der Waals surface area contributed by atoms with Gasteiger partial charge in [-0.3, -0.25) is 0 Å². The van der Waals surface area contributed by atoms with Crippen LogP contribution in [0, 0.1) is 0 Å². The normalized spacial score (nSPS) is 45.4. The van der Waals surface area contributed by atoms with Crippen LogP contribution in [0.3, 0.4) is 0 Å². The van der Waals surface area contributed by atoms with Gasteiger partial charge in [0, 0.05) is 0 Å². The minimum atomic E-state index is -3.41. The topological polar surface area (TPSA) is 129 Å². The number of fused-ring (bicyclic) bond motifs is 1. The standard InChI is InChI=1S/C6H12BO8/c8-1-2(9)4-3(10)5-6(13-4)15-7(11,12)14-5/h2-6,8-12H,1H2/q-1/t2-,3+,4+,5-,6-/m1/s1. The number of rotatable bonds is 2. The van der Waals surface area contributed by atoms with E-state index in [9.17, 15) is 10.2 Å². The summed E-state index contributed by atoms with van der Waals surface area (Å²) < 4.78 is 14.1. The molecule has 0 aromatic rings. The van der Waals surface area contributed by atoms with E-state index in [1.807, 2.05) is 0 Å². The van der Waals surface area contributed by atoms with Gasteiger partial charge in [0.25, 0.3) is 0 Å². The number of hydrogen-bond donors (Lipinski definition) is 5. The summed E-state index contributed by atoms with van der Waals surface area (Å²) in [5, 5.41) is 45.4. The van der Waals surface area contributed by atoms with Crippen LogP contribution in [0.1, 0.15) is 0 Å². The molecular weight excluding hydrogens is 211 g/mol. The molecule has 0 spiro atoms. The largest absolute Gasteiger partial charge is 0.533 e. The van der Waals surface area contributed by atoms with Crippen molar-refractivity contribution in [3.63, 3.8) is 0 Å². The van der Waals surface area contributed by atoms with Crippen LogP contribution in [0.4, 0.5) is 0 Å². The molecule has 2 fully saturated rings. The predicted molar refractivity (Wildman–Crippen MR) is 43.9 cm³/mol. The first-order valence-electron chi connectivity index (χ1n) is 4.50. The van der Waals surface area contributed by atoms with Gasteiger partial charge in [0.05, 0.1) is 12.7 Å². The summed E-state index contributed by atoms with van der Waals surface area (Å²) in [4.78, 5) is 0. The van der Waals surface area contributed by atoms with E-state index < -0.39 is 44.3 Å². The molecule has 15 heavy (non-hydrogen) atoms. The summed E-state index contributed by atoms with van der Waals surface area (Å²) in [5.74, 6) is 0. The Bertz CT molecular complexity index is 247. The lowest BCUT2D eigenvalue weighted by molar-refractivity contribution is -0.137. The van der Waals surface area contributed by atoms with Gasteiger partial charge < -0.3 is 39.4 Å². The quantitative estimate of drug-likeness (QED) is 0.302. The van der Waals surface area contributed by atoms with E-state index in [1.165, 1.54) is 0 Å². The van der Waals surface area contributed by atoms with E-state index >= 15 is 0 Å². The number of hydrogen-bond acceptors (Lipinski definition) is 8. The van der Waals surface area contributed by atoms with Crippen LogP contribution in [-0.2, 0) is 14.0 Å². The number of ether oxygens (including phenoxy) is 1. The van der Waals surface area contributed by atoms with Crippen molar-refractivity contribution < 1.29 is 39.4 Å². The number of aliphatic hydroxyl groups is 3. The van der Waals surface area contributed by atoms with Gasteiger partial charge in [-0.15, -0.1) is 0 Å². The molecule has 2 aliphatic rings. The zero-order valence-electron chi connectivity index (χ0n) is 7.63. The fraction of sp³-hybridized carbons (Fsp3) is 1.00. The molecule has 5 N–H and O–H groups in total. The van der Waals surface area contributed by atoms with Crippen molar-refractivity contribution in [3.05, 3.63) is 0 Å². The maximum atomic E-state index is 9.58. The lowest BCUT2D eigenvalue weighted by atomic mass is 10.1. The second kappa shape index (κ2) is 3.65. The van der Waals surface area contributed by atoms with Gasteiger partial charge in [0.2, 0.25) is 0 Å². The van der Waals surface area contributed by atoms with Gasteiger partial charge in [-0.2, -0.15) is 0 Å². The Labute approximate surface area is 84.7 Å². The third-order valence-electron chi connectivity index (χ3n) is 2.44. The Kier molecular flexibility index (Phi) is 2.73. The second-order valence-corrected chi connectivity index (χ2v) is 3.58. The highest BCUT2D eigenvalue weighted by atomic mass is 16.9. The highest BCUT2D eigenvalue weighted by Gasteiger charge is 2.54. The molecule has 0 amide bonds. The molecule has 0 saturated carbocycles. The molecule has 2 saturated heterocycles. The van der Waals surface area contributed by atoms with Crippen molar-refractivity contribution in [2.45, 2.75) is 30.7 Å². The fourth-order valence-electron chi connectivity index (χ4n) is 1.75. The molecule has 0 radical (unpaired) electrons. The maximum Gasteiger partial charge on any atom is 0.528 e. The molecule has 0 aromatic carbocycles. The summed E-state index contributed by atoms with van der Waals surface area (Å²) >= 11 is 0. The third-order valence-corrected chi connectivity index (χ3v) is 2.44. The van der Waals surface area contributed by atoms with Crippen LogP contribution in [-0.4, -0.2) is 69.6 Å². The molecule has 5 atom stereocenters. The Morgan fingerprint density at radius 1 is 1.27 bits per heavy atom. The van der Waals surface area contributed by atoms with Gasteiger partial charge in [-0.05, 0) is 0 Å². The van der Waals surface area contributed by atoms with E-state index in [-0.39, 0.29) is 0 Å². The van der Waals surface area contributed by atoms with Crippen LogP contribution in [0.25, 0.3) is 0 Å². The Hall–Kier alpha value is -0.255. The first-order valence-corrected chi connectivity index (χ1v) is 4.50. The van der Waals surface area contributed by atoms with Crippen molar-refractivity contribution in [2.75, 3.05) is 6.61 Å². The lowest BCUT2D eigenvalue weighted by Crippen LogP contribution is -2.45. The number of aliphatic hydroxyl groups excluding tert-OH is 3. The van der Waals surface area contributed by atoms with Gasteiger partial charge in [0.15, 0.2) is 0 Å². The summed E-state index contributed by atoms with van der Waals surface area (Å²) in [5.41, 5.74) is 0. The van der Waals surface area contributed by atoms with Gasteiger partial charge in [-0.1, -0.05) is 0 Å². The van der Waals surface area contributed by atoms with Gasteiger partial charge in [0.1, 0.15) is 24.6 Å².